The minimum Gasteiger partial charge on any atom is -0.497 e. The zero-order valence-electron chi connectivity index (χ0n) is 20.3. The summed E-state index contributed by atoms with van der Waals surface area (Å²) in [6.07, 6.45) is 3.19. The van der Waals surface area contributed by atoms with E-state index < -0.39 is 11.6 Å². The van der Waals surface area contributed by atoms with E-state index in [2.05, 4.69) is 5.32 Å². The van der Waals surface area contributed by atoms with Crippen molar-refractivity contribution in [1.82, 2.24) is 14.8 Å². The molecule has 1 atom stereocenters. The van der Waals surface area contributed by atoms with Crippen LogP contribution in [0.4, 0.5) is 4.79 Å². The summed E-state index contributed by atoms with van der Waals surface area (Å²) in [5.41, 5.74) is 3.90. The molecule has 0 radical (unpaired) electrons. The number of hydrogen-bond acceptors (Lipinski definition) is 4. The number of carbonyl (C=O) groups excluding carboxylic acids is 3. The molecule has 3 aromatic rings. The van der Waals surface area contributed by atoms with E-state index in [4.69, 9.17) is 4.74 Å². The summed E-state index contributed by atoms with van der Waals surface area (Å²) in [7, 11) is 1.62. The molecule has 2 aliphatic rings. The fourth-order valence-electron chi connectivity index (χ4n) is 5.52. The van der Waals surface area contributed by atoms with Crippen LogP contribution in [0.1, 0.15) is 52.1 Å². The van der Waals surface area contributed by atoms with Crippen molar-refractivity contribution in [3.63, 3.8) is 0 Å². The van der Waals surface area contributed by atoms with E-state index in [1.165, 1.54) is 0 Å². The van der Waals surface area contributed by atoms with E-state index >= 15 is 0 Å². The predicted octanol–water partition coefficient (Wildman–Crippen LogP) is 4.46. The second-order valence-corrected chi connectivity index (χ2v) is 9.33. The molecule has 2 aromatic carbocycles. The Morgan fingerprint density at radius 1 is 1.06 bits per heavy atom. The van der Waals surface area contributed by atoms with Gasteiger partial charge in [-0.25, -0.2) is 4.79 Å². The van der Waals surface area contributed by atoms with Crippen LogP contribution in [-0.2, 0) is 16.8 Å². The number of ether oxygens (including phenoxy) is 1. The topological polar surface area (TPSA) is 80.6 Å². The minimum absolute atomic E-state index is 0.264. The van der Waals surface area contributed by atoms with Gasteiger partial charge in [-0.3, -0.25) is 14.5 Å². The van der Waals surface area contributed by atoms with Crippen LogP contribution in [0, 0.1) is 13.8 Å². The van der Waals surface area contributed by atoms with Crippen molar-refractivity contribution in [3.8, 4) is 11.4 Å². The first-order chi connectivity index (χ1) is 16.9. The molecule has 0 bridgehead atoms. The van der Waals surface area contributed by atoms with Crippen LogP contribution < -0.4 is 10.1 Å². The molecular formula is C28H29N3O4. The molecule has 35 heavy (non-hydrogen) atoms. The van der Waals surface area contributed by atoms with Gasteiger partial charge in [0.1, 0.15) is 11.3 Å². The average Bonchev–Trinajstić information content (AvgIpc) is 3.20. The molecular weight excluding hydrogens is 442 g/mol. The lowest BCUT2D eigenvalue weighted by Crippen LogP contribution is -2.44. The van der Waals surface area contributed by atoms with Crippen molar-refractivity contribution in [1.29, 1.82) is 0 Å². The van der Waals surface area contributed by atoms with Gasteiger partial charge in [-0.15, -0.1) is 0 Å². The fraction of sp³-hybridized carbons (Fsp3) is 0.321. The maximum absolute atomic E-state index is 13.7. The van der Waals surface area contributed by atoms with Gasteiger partial charge < -0.3 is 14.6 Å². The Bertz CT molecular complexity index is 1320. The lowest BCUT2D eigenvalue weighted by atomic mass is 9.84. The molecule has 7 heteroatoms. The number of aromatic nitrogens is 1. The smallest absolute Gasteiger partial charge is 0.325 e. The van der Waals surface area contributed by atoms with Crippen molar-refractivity contribution in [2.24, 2.45) is 0 Å². The molecule has 0 saturated carbocycles. The van der Waals surface area contributed by atoms with E-state index in [0.29, 0.717) is 12.0 Å². The van der Waals surface area contributed by atoms with E-state index in [1.54, 1.807) is 7.11 Å². The number of benzene rings is 2. The number of imide groups is 1. The number of nitrogens with one attached hydrogen (secondary N) is 1. The van der Waals surface area contributed by atoms with Crippen molar-refractivity contribution >= 4 is 17.7 Å². The summed E-state index contributed by atoms with van der Waals surface area (Å²) in [6, 6.07) is 16.7. The maximum Gasteiger partial charge on any atom is 0.325 e. The third-order valence-corrected chi connectivity index (χ3v) is 7.26. The molecule has 1 aromatic heterocycles. The number of nitrogens with zero attached hydrogens (tertiary/aromatic N) is 2. The van der Waals surface area contributed by atoms with Gasteiger partial charge in [-0.2, -0.15) is 0 Å². The number of urea groups is 1. The van der Waals surface area contributed by atoms with Crippen molar-refractivity contribution < 1.29 is 19.1 Å². The monoisotopic (exact) mass is 471 g/mol. The molecule has 1 unspecified atom stereocenters. The number of aryl methyl sites for hydroxylation is 2. The molecule has 3 amide bonds. The van der Waals surface area contributed by atoms with Crippen molar-refractivity contribution in [2.45, 2.75) is 45.1 Å². The van der Waals surface area contributed by atoms with Gasteiger partial charge in [0.2, 0.25) is 0 Å². The predicted molar refractivity (Wildman–Crippen MR) is 132 cm³/mol. The molecule has 180 valence electrons. The standard InChI is InChI=1S/C28H29N3O4/c1-18-16-23(19(2)31(18)21-11-13-22(35-3)14-12-21)25(32)17-30-26(33)28(29-27(30)34)15-7-6-9-20-8-4-5-10-24(20)28/h4-5,8,10-14,16H,6-7,9,15,17H2,1-3H3,(H,29,34). The van der Waals surface area contributed by atoms with Gasteiger partial charge in [0.15, 0.2) is 5.78 Å². The number of fused-ring (bicyclic) bond motifs is 2. The number of amides is 3. The number of rotatable bonds is 5. The lowest BCUT2D eigenvalue weighted by Gasteiger charge is -2.27. The Morgan fingerprint density at radius 2 is 1.80 bits per heavy atom. The van der Waals surface area contributed by atoms with Crippen molar-refractivity contribution in [3.05, 3.63) is 82.7 Å². The Labute approximate surface area is 204 Å². The van der Waals surface area contributed by atoms with Gasteiger partial charge >= 0.3 is 6.03 Å². The quantitative estimate of drug-likeness (QED) is 0.440. The zero-order valence-corrected chi connectivity index (χ0v) is 20.3. The summed E-state index contributed by atoms with van der Waals surface area (Å²) < 4.78 is 7.23. The zero-order chi connectivity index (χ0) is 24.7. The van der Waals surface area contributed by atoms with Crippen LogP contribution >= 0.6 is 0 Å². The van der Waals surface area contributed by atoms with Gasteiger partial charge in [0, 0.05) is 22.6 Å². The Balaban J connectivity index is 1.43. The Kier molecular flexibility index (Phi) is 5.71. The van der Waals surface area contributed by atoms with Crippen molar-refractivity contribution in [2.75, 3.05) is 13.7 Å². The summed E-state index contributed by atoms with van der Waals surface area (Å²) >= 11 is 0. The molecule has 1 aliphatic carbocycles. The van der Waals surface area contributed by atoms with Crippen LogP contribution in [0.2, 0.25) is 0 Å². The number of Topliss-reactive ketones (excluding diaryl/α,β-unsaturated/α-hetero) is 1. The first-order valence-corrected chi connectivity index (χ1v) is 11.9. The first kappa shape index (κ1) is 22.9. The average molecular weight is 472 g/mol. The van der Waals surface area contributed by atoms with Crippen LogP contribution in [0.15, 0.2) is 54.6 Å². The second kappa shape index (κ2) is 8.73. The van der Waals surface area contributed by atoms with Gasteiger partial charge in [0.05, 0.1) is 13.7 Å². The Morgan fingerprint density at radius 3 is 2.54 bits per heavy atom. The highest BCUT2D eigenvalue weighted by atomic mass is 16.5. The summed E-state index contributed by atoms with van der Waals surface area (Å²) in [5, 5.41) is 2.96. The molecule has 7 nitrogen and oxygen atoms in total. The lowest BCUT2D eigenvalue weighted by molar-refractivity contribution is -0.131. The molecule has 5 rings (SSSR count). The highest BCUT2D eigenvalue weighted by Gasteiger charge is 2.53. The molecule has 1 saturated heterocycles. The van der Waals surface area contributed by atoms with E-state index in [9.17, 15) is 14.4 Å². The van der Waals surface area contributed by atoms with Crippen LogP contribution in [0.3, 0.4) is 0 Å². The highest BCUT2D eigenvalue weighted by Crippen LogP contribution is 2.39. The largest absolute Gasteiger partial charge is 0.497 e. The number of methoxy groups -OCH3 is 1. The van der Waals surface area contributed by atoms with Gasteiger partial charge in [-0.1, -0.05) is 24.3 Å². The molecule has 1 fully saturated rings. The second-order valence-electron chi connectivity index (χ2n) is 9.33. The molecule has 2 heterocycles. The third-order valence-electron chi connectivity index (χ3n) is 7.26. The maximum atomic E-state index is 13.7. The summed E-state index contributed by atoms with van der Waals surface area (Å²) in [5.74, 6) is 0.148. The number of carbonyl (C=O) groups is 3. The van der Waals surface area contributed by atoms with Gasteiger partial charge in [-0.05, 0) is 81.0 Å². The SMILES string of the molecule is COc1ccc(-n2c(C)cc(C(=O)CN3C(=O)NC4(CCCCc5ccccc54)C3=O)c2C)cc1. The van der Waals surface area contributed by atoms with E-state index in [-0.39, 0.29) is 18.2 Å². The molecule has 1 spiro atoms. The van der Waals surface area contributed by atoms with Crippen LogP contribution in [0.25, 0.3) is 5.69 Å². The number of ketones is 1. The molecule has 1 N–H and O–H groups in total. The summed E-state index contributed by atoms with van der Waals surface area (Å²) in [4.78, 5) is 41.2. The third kappa shape index (κ3) is 3.71. The minimum atomic E-state index is -1.09. The normalized spacial score (nSPS) is 19.5. The summed E-state index contributed by atoms with van der Waals surface area (Å²) in [6.45, 7) is 3.51. The van der Waals surface area contributed by atoms with E-state index in [0.717, 1.165) is 58.1 Å². The molecule has 1 aliphatic heterocycles. The Hall–Kier alpha value is -3.87. The van der Waals surface area contributed by atoms with Crippen LogP contribution in [0.5, 0.6) is 5.75 Å². The van der Waals surface area contributed by atoms with Gasteiger partial charge in [0.25, 0.3) is 5.91 Å². The van der Waals surface area contributed by atoms with Crippen LogP contribution in [-0.4, -0.2) is 40.8 Å². The van der Waals surface area contributed by atoms with E-state index in [1.807, 2.05) is 73.0 Å². The first-order valence-electron chi connectivity index (χ1n) is 11.9. The highest BCUT2D eigenvalue weighted by molar-refractivity contribution is 6.11. The fourth-order valence-corrected chi connectivity index (χ4v) is 5.52. The number of hydrogen-bond donors (Lipinski definition) is 1.